The Kier molecular flexibility index (Phi) is 2.89. The third-order valence-corrected chi connectivity index (χ3v) is 3.52. The van der Waals surface area contributed by atoms with Crippen molar-refractivity contribution in [1.82, 2.24) is 19.3 Å². The summed E-state index contributed by atoms with van der Waals surface area (Å²) in [4.78, 5) is 4.55. The molecule has 0 atom stereocenters. The molecule has 0 fully saturated rings. The molecule has 0 amide bonds. The van der Waals surface area contributed by atoms with Gasteiger partial charge in [-0.2, -0.15) is 5.10 Å². The minimum atomic E-state index is 0.0862. The molecular formula is C16H20N4. The summed E-state index contributed by atoms with van der Waals surface area (Å²) < 4.78 is 4.14. The molecule has 0 N–H and O–H groups in total. The highest BCUT2D eigenvalue weighted by atomic mass is 15.2. The van der Waals surface area contributed by atoms with E-state index in [0.29, 0.717) is 0 Å². The van der Waals surface area contributed by atoms with Crippen molar-refractivity contribution in [1.29, 1.82) is 0 Å². The smallest absolute Gasteiger partial charge is 0.140 e. The number of aromatic nitrogens is 4. The van der Waals surface area contributed by atoms with Crippen molar-refractivity contribution in [2.75, 3.05) is 0 Å². The van der Waals surface area contributed by atoms with Crippen LogP contribution in [-0.4, -0.2) is 19.3 Å². The second kappa shape index (κ2) is 4.47. The zero-order valence-corrected chi connectivity index (χ0v) is 12.5. The van der Waals surface area contributed by atoms with Crippen LogP contribution >= 0.6 is 0 Å². The third kappa shape index (κ3) is 2.22. The molecule has 104 valence electrons. The van der Waals surface area contributed by atoms with Gasteiger partial charge in [-0.05, 0) is 18.2 Å². The number of fused-ring (bicyclic) bond motifs is 1. The average molecular weight is 268 g/mol. The molecule has 0 saturated carbocycles. The van der Waals surface area contributed by atoms with E-state index >= 15 is 0 Å². The minimum Gasteiger partial charge on any atom is -0.325 e. The van der Waals surface area contributed by atoms with E-state index in [4.69, 9.17) is 0 Å². The lowest BCUT2D eigenvalue weighted by molar-refractivity contribution is 0.535. The maximum absolute atomic E-state index is 4.55. The molecule has 20 heavy (non-hydrogen) atoms. The quantitative estimate of drug-likeness (QED) is 0.716. The van der Waals surface area contributed by atoms with Gasteiger partial charge in [0.05, 0.1) is 12.7 Å². The molecule has 0 aliphatic heterocycles. The summed E-state index contributed by atoms with van der Waals surface area (Å²) in [5.41, 5.74) is 3.63. The number of hydrogen-bond acceptors (Lipinski definition) is 2. The summed E-state index contributed by atoms with van der Waals surface area (Å²) in [6.07, 6.45) is 5.83. The van der Waals surface area contributed by atoms with Gasteiger partial charge in [0.2, 0.25) is 0 Å². The maximum Gasteiger partial charge on any atom is 0.140 e. The van der Waals surface area contributed by atoms with Gasteiger partial charge in [0, 0.05) is 41.5 Å². The first-order valence-electron chi connectivity index (χ1n) is 6.87. The Balaban J connectivity index is 2.16. The third-order valence-electron chi connectivity index (χ3n) is 3.52. The Bertz CT molecular complexity index is 743. The largest absolute Gasteiger partial charge is 0.325 e. The van der Waals surface area contributed by atoms with E-state index in [0.717, 1.165) is 12.2 Å². The van der Waals surface area contributed by atoms with E-state index in [9.17, 15) is 0 Å². The van der Waals surface area contributed by atoms with Gasteiger partial charge >= 0.3 is 0 Å². The number of aryl methyl sites for hydroxylation is 1. The first-order valence-corrected chi connectivity index (χ1v) is 6.87. The van der Waals surface area contributed by atoms with Crippen LogP contribution in [0, 0.1) is 0 Å². The molecule has 0 radical (unpaired) electrons. The molecule has 3 aromatic rings. The predicted octanol–water partition coefficient (Wildman–Crippen LogP) is 3.12. The molecule has 0 bridgehead atoms. The fourth-order valence-corrected chi connectivity index (χ4v) is 2.60. The van der Waals surface area contributed by atoms with Gasteiger partial charge in [0.15, 0.2) is 0 Å². The van der Waals surface area contributed by atoms with Crippen molar-refractivity contribution in [3.63, 3.8) is 0 Å². The Morgan fingerprint density at radius 2 is 2.05 bits per heavy atom. The van der Waals surface area contributed by atoms with Gasteiger partial charge in [0.25, 0.3) is 0 Å². The van der Waals surface area contributed by atoms with Crippen LogP contribution in [0.15, 0.2) is 36.8 Å². The van der Waals surface area contributed by atoms with E-state index in [-0.39, 0.29) is 5.41 Å². The van der Waals surface area contributed by atoms with Gasteiger partial charge in [-0.25, -0.2) is 4.98 Å². The maximum atomic E-state index is 4.55. The van der Waals surface area contributed by atoms with Crippen molar-refractivity contribution < 1.29 is 0 Å². The van der Waals surface area contributed by atoms with Crippen LogP contribution in [0.2, 0.25) is 0 Å². The van der Waals surface area contributed by atoms with Gasteiger partial charge in [-0.15, -0.1) is 0 Å². The fourth-order valence-electron chi connectivity index (χ4n) is 2.60. The van der Waals surface area contributed by atoms with Crippen molar-refractivity contribution in [2.45, 2.75) is 32.7 Å². The summed E-state index contributed by atoms with van der Waals surface area (Å²) in [7, 11) is 1.94. The molecule has 0 aromatic carbocycles. The van der Waals surface area contributed by atoms with Crippen LogP contribution in [0.1, 0.15) is 32.0 Å². The zero-order valence-electron chi connectivity index (χ0n) is 12.5. The van der Waals surface area contributed by atoms with Crippen LogP contribution < -0.4 is 0 Å². The lowest BCUT2D eigenvalue weighted by Crippen LogP contribution is -2.18. The molecule has 0 aliphatic rings. The number of rotatable bonds is 2. The van der Waals surface area contributed by atoms with Crippen LogP contribution in [0.5, 0.6) is 0 Å². The Labute approximate surface area is 119 Å². The molecule has 4 heteroatoms. The number of hydrogen-bond donors (Lipinski definition) is 0. The minimum absolute atomic E-state index is 0.0862. The van der Waals surface area contributed by atoms with E-state index in [1.165, 1.54) is 16.6 Å². The predicted molar refractivity (Wildman–Crippen MR) is 80.7 cm³/mol. The summed E-state index contributed by atoms with van der Waals surface area (Å²) in [5, 5.41) is 5.45. The SMILES string of the molecule is Cn1cc(Cn2c(C(C)(C)C)cc3cccnc32)cn1. The highest BCUT2D eigenvalue weighted by Gasteiger charge is 2.21. The van der Waals surface area contributed by atoms with E-state index in [2.05, 4.69) is 53.8 Å². The standard InChI is InChI=1S/C16H20N4/c1-16(2,3)14-8-13-6-5-7-17-15(13)20(14)11-12-9-18-19(4)10-12/h5-10H,11H2,1-4H3. The fraction of sp³-hybridized carbons (Fsp3) is 0.375. The first kappa shape index (κ1) is 12.9. The molecule has 3 rings (SSSR count). The second-order valence-electron chi connectivity index (χ2n) is 6.30. The van der Waals surface area contributed by atoms with Crippen LogP contribution in [0.4, 0.5) is 0 Å². The molecule has 3 aromatic heterocycles. The van der Waals surface area contributed by atoms with Gasteiger partial charge < -0.3 is 4.57 Å². The Hall–Kier alpha value is -2.10. The van der Waals surface area contributed by atoms with Crippen LogP contribution in [-0.2, 0) is 19.0 Å². The van der Waals surface area contributed by atoms with Crippen LogP contribution in [0.25, 0.3) is 11.0 Å². The highest BCUT2D eigenvalue weighted by molar-refractivity contribution is 5.77. The molecular weight excluding hydrogens is 248 g/mol. The van der Waals surface area contributed by atoms with Crippen molar-refractivity contribution in [3.05, 3.63) is 48.0 Å². The first-order chi connectivity index (χ1) is 9.45. The normalized spacial score (nSPS) is 12.2. The summed E-state index contributed by atoms with van der Waals surface area (Å²) >= 11 is 0. The van der Waals surface area contributed by atoms with Crippen LogP contribution in [0.3, 0.4) is 0 Å². The Morgan fingerprint density at radius 3 is 2.70 bits per heavy atom. The molecule has 0 unspecified atom stereocenters. The lowest BCUT2D eigenvalue weighted by atomic mass is 9.92. The zero-order chi connectivity index (χ0) is 14.3. The second-order valence-corrected chi connectivity index (χ2v) is 6.30. The van der Waals surface area contributed by atoms with Crippen molar-refractivity contribution in [2.24, 2.45) is 7.05 Å². The molecule has 0 saturated heterocycles. The molecule has 0 spiro atoms. The van der Waals surface area contributed by atoms with Gasteiger partial charge in [0.1, 0.15) is 5.65 Å². The molecule has 3 heterocycles. The van der Waals surface area contributed by atoms with Gasteiger partial charge in [-0.1, -0.05) is 20.8 Å². The summed E-state index contributed by atoms with van der Waals surface area (Å²) in [5.74, 6) is 0. The topological polar surface area (TPSA) is 35.6 Å². The lowest BCUT2D eigenvalue weighted by Gasteiger charge is -2.21. The van der Waals surface area contributed by atoms with Crippen molar-refractivity contribution >= 4 is 11.0 Å². The molecule has 0 aliphatic carbocycles. The average Bonchev–Trinajstić information content (AvgIpc) is 2.94. The van der Waals surface area contributed by atoms with E-state index in [1.807, 2.05) is 30.2 Å². The van der Waals surface area contributed by atoms with E-state index < -0.39 is 0 Å². The van der Waals surface area contributed by atoms with Gasteiger partial charge in [-0.3, -0.25) is 4.68 Å². The number of pyridine rings is 1. The summed E-state index contributed by atoms with van der Waals surface area (Å²) in [6.45, 7) is 7.52. The van der Waals surface area contributed by atoms with E-state index in [1.54, 1.807) is 0 Å². The molecule has 4 nitrogen and oxygen atoms in total. The number of nitrogens with zero attached hydrogens (tertiary/aromatic N) is 4. The van der Waals surface area contributed by atoms with Crippen molar-refractivity contribution in [3.8, 4) is 0 Å². The monoisotopic (exact) mass is 268 g/mol. The summed E-state index contributed by atoms with van der Waals surface area (Å²) in [6, 6.07) is 6.36. The highest BCUT2D eigenvalue weighted by Crippen LogP contribution is 2.29. The Morgan fingerprint density at radius 1 is 1.25 bits per heavy atom.